The van der Waals surface area contributed by atoms with Gasteiger partial charge in [0, 0.05) is 25.7 Å². The van der Waals surface area contributed by atoms with Gasteiger partial charge in [-0.25, -0.2) is 0 Å². The van der Waals surface area contributed by atoms with Crippen molar-refractivity contribution in [2.24, 2.45) is 17.1 Å². The van der Waals surface area contributed by atoms with Crippen LogP contribution in [0, 0.1) is 11.3 Å². The molecule has 1 aliphatic heterocycles. The van der Waals surface area contributed by atoms with Crippen molar-refractivity contribution in [3.8, 4) is 0 Å². The Bertz CT molecular complexity index is 221. The van der Waals surface area contributed by atoms with E-state index in [0.29, 0.717) is 12.0 Å². The summed E-state index contributed by atoms with van der Waals surface area (Å²) in [6, 6.07) is 0.679. The van der Waals surface area contributed by atoms with E-state index in [9.17, 15) is 0 Å². The van der Waals surface area contributed by atoms with Gasteiger partial charge in [0.15, 0.2) is 0 Å². The summed E-state index contributed by atoms with van der Waals surface area (Å²) in [6.07, 6.45) is 2.56. The maximum absolute atomic E-state index is 6.20. The van der Waals surface area contributed by atoms with Gasteiger partial charge in [-0.2, -0.15) is 0 Å². The third-order valence-corrected chi connectivity index (χ3v) is 3.73. The highest BCUT2D eigenvalue weighted by Crippen LogP contribution is 2.30. The number of ether oxygens (including phenoxy) is 1. The van der Waals surface area contributed by atoms with Gasteiger partial charge in [-0.15, -0.1) is 0 Å². The zero-order valence-corrected chi connectivity index (χ0v) is 12.2. The maximum Gasteiger partial charge on any atom is 0.0502 e. The van der Waals surface area contributed by atoms with Gasteiger partial charge in [-0.3, -0.25) is 4.90 Å². The fraction of sp³-hybridized carbons (Fsp3) is 1.00. The smallest absolute Gasteiger partial charge is 0.0502 e. The number of rotatable bonds is 4. The molecule has 17 heavy (non-hydrogen) atoms. The van der Waals surface area contributed by atoms with Crippen molar-refractivity contribution in [3.63, 3.8) is 0 Å². The summed E-state index contributed by atoms with van der Waals surface area (Å²) in [5.74, 6) is 0.678. The summed E-state index contributed by atoms with van der Waals surface area (Å²) < 4.78 is 5.30. The monoisotopic (exact) mass is 242 g/mol. The molecular weight excluding hydrogens is 212 g/mol. The van der Waals surface area contributed by atoms with Gasteiger partial charge in [0.1, 0.15) is 0 Å². The molecule has 1 heterocycles. The average molecular weight is 242 g/mol. The van der Waals surface area contributed by atoms with E-state index in [-0.39, 0.29) is 11.5 Å². The van der Waals surface area contributed by atoms with E-state index >= 15 is 0 Å². The second kappa shape index (κ2) is 6.17. The Hall–Kier alpha value is -0.120. The van der Waals surface area contributed by atoms with Crippen LogP contribution in [0.25, 0.3) is 0 Å². The van der Waals surface area contributed by atoms with Gasteiger partial charge in [-0.05, 0) is 37.6 Å². The normalized spacial score (nSPS) is 26.8. The Morgan fingerprint density at radius 2 is 2.06 bits per heavy atom. The zero-order chi connectivity index (χ0) is 13.1. The number of piperidine rings is 1. The van der Waals surface area contributed by atoms with Gasteiger partial charge < -0.3 is 10.5 Å². The largest absolute Gasteiger partial charge is 0.384 e. The first-order chi connectivity index (χ1) is 7.86. The van der Waals surface area contributed by atoms with Gasteiger partial charge in [0.2, 0.25) is 0 Å². The highest BCUT2D eigenvalue weighted by Gasteiger charge is 2.35. The van der Waals surface area contributed by atoms with Crippen molar-refractivity contribution in [2.75, 3.05) is 26.8 Å². The Morgan fingerprint density at radius 3 is 2.53 bits per heavy atom. The minimum absolute atomic E-state index is 0.219. The number of likely N-dealkylation sites (tertiary alicyclic amines) is 1. The highest BCUT2D eigenvalue weighted by molar-refractivity contribution is 4.91. The van der Waals surface area contributed by atoms with Crippen LogP contribution in [0.2, 0.25) is 0 Å². The number of hydrogen-bond acceptors (Lipinski definition) is 3. The molecule has 102 valence electrons. The topological polar surface area (TPSA) is 38.5 Å². The molecule has 3 nitrogen and oxygen atoms in total. The number of methoxy groups -OCH3 is 1. The minimum Gasteiger partial charge on any atom is -0.384 e. The maximum atomic E-state index is 6.20. The standard InChI is InChI=1S/C14H30N2O/c1-11(15)13(14(2,3)4)16-8-6-7-12(9-16)10-17-5/h11-13H,6-10,15H2,1-5H3. The summed E-state index contributed by atoms with van der Waals surface area (Å²) in [5.41, 5.74) is 6.44. The molecule has 1 saturated heterocycles. The minimum atomic E-state index is 0.219. The molecular formula is C14H30N2O. The highest BCUT2D eigenvalue weighted by atomic mass is 16.5. The zero-order valence-electron chi connectivity index (χ0n) is 12.2. The molecule has 0 saturated carbocycles. The summed E-state index contributed by atoms with van der Waals surface area (Å²) in [6.45, 7) is 12.2. The van der Waals surface area contributed by atoms with Crippen LogP contribution < -0.4 is 5.73 Å². The third-order valence-electron chi connectivity index (χ3n) is 3.73. The molecule has 0 aromatic rings. The summed E-state index contributed by atoms with van der Waals surface area (Å²) in [4.78, 5) is 2.58. The van der Waals surface area contributed by atoms with Crippen LogP contribution in [-0.4, -0.2) is 43.8 Å². The van der Waals surface area contributed by atoms with Crippen LogP contribution in [-0.2, 0) is 4.74 Å². The average Bonchev–Trinajstić information content (AvgIpc) is 2.15. The molecule has 0 bridgehead atoms. The van der Waals surface area contributed by atoms with E-state index < -0.39 is 0 Å². The van der Waals surface area contributed by atoms with E-state index in [1.165, 1.54) is 19.4 Å². The number of nitrogens with zero attached hydrogens (tertiary/aromatic N) is 1. The lowest BCUT2D eigenvalue weighted by Gasteiger charge is -2.46. The van der Waals surface area contributed by atoms with E-state index in [4.69, 9.17) is 10.5 Å². The molecule has 0 aromatic heterocycles. The number of nitrogens with two attached hydrogens (primary N) is 1. The molecule has 0 amide bonds. The Kier molecular flexibility index (Phi) is 5.42. The lowest BCUT2D eigenvalue weighted by Crippen LogP contribution is -2.56. The Balaban J connectivity index is 2.68. The summed E-state index contributed by atoms with van der Waals surface area (Å²) >= 11 is 0. The SMILES string of the molecule is COCC1CCCN(C(C(C)N)C(C)(C)C)C1. The van der Waals surface area contributed by atoms with E-state index in [1.807, 2.05) is 0 Å². The first-order valence-electron chi connectivity index (χ1n) is 6.85. The molecule has 3 heteroatoms. The van der Waals surface area contributed by atoms with Gasteiger partial charge >= 0.3 is 0 Å². The van der Waals surface area contributed by atoms with Gasteiger partial charge in [-0.1, -0.05) is 20.8 Å². The molecule has 0 radical (unpaired) electrons. The quantitative estimate of drug-likeness (QED) is 0.820. The van der Waals surface area contributed by atoms with Crippen molar-refractivity contribution in [1.29, 1.82) is 0 Å². The van der Waals surface area contributed by atoms with Crippen molar-refractivity contribution in [1.82, 2.24) is 4.90 Å². The third kappa shape index (κ3) is 4.23. The molecule has 1 aliphatic rings. The van der Waals surface area contributed by atoms with Crippen LogP contribution >= 0.6 is 0 Å². The molecule has 0 spiro atoms. The molecule has 3 atom stereocenters. The molecule has 1 fully saturated rings. The van der Waals surface area contributed by atoms with Crippen LogP contribution in [0.15, 0.2) is 0 Å². The molecule has 1 rings (SSSR count). The summed E-state index contributed by atoms with van der Waals surface area (Å²) in [5, 5.41) is 0. The van der Waals surface area contributed by atoms with E-state index in [0.717, 1.165) is 13.2 Å². The first kappa shape index (κ1) is 14.9. The lowest BCUT2D eigenvalue weighted by atomic mass is 9.80. The van der Waals surface area contributed by atoms with Crippen molar-refractivity contribution in [3.05, 3.63) is 0 Å². The molecule has 0 aromatic carbocycles. The predicted molar refractivity (Wildman–Crippen MR) is 73.1 cm³/mol. The first-order valence-corrected chi connectivity index (χ1v) is 6.85. The fourth-order valence-corrected chi connectivity index (χ4v) is 3.39. The van der Waals surface area contributed by atoms with Crippen molar-refractivity contribution >= 4 is 0 Å². The van der Waals surface area contributed by atoms with E-state index in [1.54, 1.807) is 7.11 Å². The molecule has 3 unspecified atom stereocenters. The molecule has 0 aliphatic carbocycles. The summed E-state index contributed by atoms with van der Waals surface area (Å²) in [7, 11) is 1.80. The van der Waals surface area contributed by atoms with Crippen molar-refractivity contribution in [2.45, 2.75) is 52.6 Å². The lowest BCUT2D eigenvalue weighted by molar-refractivity contribution is 0.0222. The van der Waals surface area contributed by atoms with Crippen LogP contribution in [0.3, 0.4) is 0 Å². The van der Waals surface area contributed by atoms with Gasteiger partial charge in [0.25, 0.3) is 0 Å². The van der Waals surface area contributed by atoms with E-state index in [2.05, 4.69) is 32.6 Å². The Morgan fingerprint density at radius 1 is 1.41 bits per heavy atom. The second-order valence-corrected chi connectivity index (χ2v) is 6.63. The second-order valence-electron chi connectivity index (χ2n) is 6.63. The van der Waals surface area contributed by atoms with Crippen molar-refractivity contribution < 1.29 is 4.74 Å². The van der Waals surface area contributed by atoms with Crippen LogP contribution in [0.1, 0.15) is 40.5 Å². The molecule has 2 N–H and O–H groups in total. The van der Waals surface area contributed by atoms with Gasteiger partial charge in [0.05, 0.1) is 6.61 Å². The van der Waals surface area contributed by atoms with Crippen LogP contribution in [0.5, 0.6) is 0 Å². The number of hydrogen-bond donors (Lipinski definition) is 1. The Labute approximate surface area is 107 Å². The van der Waals surface area contributed by atoms with Crippen LogP contribution in [0.4, 0.5) is 0 Å². The predicted octanol–water partition coefficient (Wildman–Crippen LogP) is 2.11. The fourth-order valence-electron chi connectivity index (χ4n) is 3.39.